The molecule has 1 heterocycles. The van der Waals surface area contributed by atoms with E-state index in [0.717, 1.165) is 10.6 Å². The summed E-state index contributed by atoms with van der Waals surface area (Å²) in [5.41, 5.74) is 1.16. The summed E-state index contributed by atoms with van der Waals surface area (Å²) in [6.07, 6.45) is 9.18. The molecule has 0 atom stereocenters. The average Bonchev–Trinajstić information content (AvgIpc) is 2.62. The summed E-state index contributed by atoms with van der Waals surface area (Å²) in [7, 11) is 0. The standard InChI is InChI=1S/C14H8ClFO/c15-11-4-2-1-3-5-12-14(11)10-7-6-9(16)8-13(10)17-12/h1-8H/b2-1?,3-1-,4-2-,5-3?,11-4?,12-5-,14-11-. The molecule has 0 amide bonds. The monoisotopic (exact) mass is 246 g/mol. The summed E-state index contributed by atoms with van der Waals surface area (Å²) in [4.78, 5) is 0. The number of allylic oxidation sites excluding steroid dienone is 4. The van der Waals surface area contributed by atoms with Crippen LogP contribution in [-0.2, 0) is 0 Å². The van der Waals surface area contributed by atoms with Crippen molar-refractivity contribution in [1.82, 2.24) is 0 Å². The van der Waals surface area contributed by atoms with Gasteiger partial charge in [-0.2, -0.15) is 0 Å². The molecule has 1 aliphatic rings. The van der Waals surface area contributed by atoms with Gasteiger partial charge in [0.05, 0.1) is 5.03 Å². The Labute approximate surface area is 102 Å². The van der Waals surface area contributed by atoms with Crippen LogP contribution in [0.3, 0.4) is 0 Å². The minimum Gasteiger partial charge on any atom is -0.456 e. The maximum atomic E-state index is 13.1. The Morgan fingerprint density at radius 3 is 2.88 bits per heavy atom. The van der Waals surface area contributed by atoms with Gasteiger partial charge in [-0.25, -0.2) is 4.39 Å². The van der Waals surface area contributed by atoms with Gasteiger partial charge in [-0.3, -0.25) is 0 Å². The number of rotatable bonds is 0. The van der Waals surface area contributed by atoms with E-state index in [0.29, 0.717) is 16.0 Å². The van der Waals surface area contributed by atoms with Crippen molar-refractivity contribution in [3.8, 4) is 0 Å². The predicted molar refractivity (Wildman–Crippen MR) is 67.4 cm³/mol. The van der Waals surface area contributed by atoms with Crippen LogP contribution in [-0.4, -0.2) is 0 Å². The van der Waals surface area contributed by atoms with Crippen molar-refractivity contribution < 1.29 is 8.81 Å². The van der Waals surface area contributed by atoms with Crippen molar-refractivity contribution in [3.63, 3.8) is 0 Å². The molecule has 0 radical (unpaired) electrons. The number of halogens is 2. The summed E-state index contributed by atoms with van der Waals surface area (Å²) in [5, 5.41) is 2.22. The third-order valence-electron chi connectivity index (χ3n) is 2.63. The molecule has 0 N–H and O–H groups in total. The smallest absolute Gasteiger partial charge is 0.138 e. The first kappa shape index (κ1) is 10.4. The number of furan rings is 1. The molecule has 0 saturated heterocycles. The summed E-state index contributed by atoms with van der Waals surface area (Å²) in [6.45, 7) is 0. The quantitative estimate of drug-likeness (QED) is 0.697. The van der Waals surface area contributed by atoms with Crippen molar-refractivity contribution >= 4 is 33.7 Å². The fourth-order valence-corrected chi connectivity index (χ4v) is 2.15. The second-order valence-electron chi connectivity index (χ2n) is 3.74. The molecule has 17 heavy (non-hydrogen) atoms. The molecule has 1 aromatic heterocycles. The minimum absolute atomic E-state index is 0.318. The van der Waals surface area contributed by atoms with E-state index < -0.39 is 0 Å². The normalized spacial score (nSPS) is 23.3. The van der Waals surface area contributed by atoms with Crippen molar-refractivity contribution in [2.45, 2.75) is 0 Å². The van der Waals surface area contributed by atoms with E-state index in [-0.39, 0.29) is 5.82 Å². The first-order valence-electron chi connectivity index (χ1n) is 5.18. The van der Waals surface area contributed by atoms with Gasteiger partial charge in [-0.05, 0) is 24.3 Å². The molecule has 3 rings (SSSR count). The first-order valence-corrected chi connectivity index (χ1v) is 5.56. The van der Waals surface area contributed by atoms with Crippen molar-refractivity contribution in [1.29, 1.82) is 0 Å². The van der Waals surface area contributed by atoms with Crippen LogP contribution >= 0.6 is 11.6 Å². The Morgan fingerprint density at radius 1 is 1.12 bits per heavy atom. The van der Waals surface area contributed by atoms with Crippen LogP contribution in [0.5, 0.6) is 0 Å². The number of fused-ring (bicyclic) bond motifs is 3. The highest BCUT2D eigenvalue weighted by Crippen LogP contribution is 2.13. The van der Waals surface area contributed by atoms with E-state index in [9.17, 15) is 4.39 Å². The molecule has 1 nitrogen and oxygen atoms in total. The van der Waals surface area contributed by atoms with Crippen molar-refractivity contribution in [2.75, 3.05) is 0 Å². The van der Waals surface area contributed by atoms with Gasteiger partial charge in [0.1, 0.15) is 16.8 Å². The second kappa shape index (κ2) is 3.90. The third kappa shape index (κ3) is 1.71. The summed E-state index contributed by atoms with van der Waals surface area (Å²) in [5.74, 6) is -0.318. The Morgan fingerprint density at radius 2 is 2.00 bits per heavy atom. The van der Waals surface area contributed by atoms with Gasteiger partial charge in [0.15, 0.2) is 0 Å². The molecule has 0 bridgehead atoms. The first-order chi connectivity index (χ1) is 8.25. The molecule has 0 saturated carbocycles. The van der Waals surface area contributed by atoms with Gasteiger partial charge in [0.2, 0.25) is 0 Å². The van der Waals surface area contributed by atoms with Gasteiger partial charge in [-0.1, -0.05) is 29.8 Å². The summed E-state index contributed by atoms with van der Waals surface area (Å²) in [6, 6.07) is 4.45. The molecular formula is C14H8ClFO. The van der Waals surface area contributed by atoms with Crippen molar-refractivity contribution in [2.24, 2.45) is 0 Å². The van der Waals surface area contributed by atoms with E-state index in [1.165, 1.54) is 12.1 Å². The second-order valence-corrected chi connectivity index (χ2v) is 4.15. The maximum Gasteiger partial charge on any atom is 0.138 e. The van der Waals surface area contributed by atoms with Gasteiger partial charge in [0, 0.05) is 16.7 Å². The van der Waals surface area contributed by atoms with Gasteiger partial charge in [-0.15, -0.1) is 0 Å². The van der Waals surface area contributed by atoms with Gasteiger partial charge < -0.3 is 4.42 Å². The van der Waals surface area contributed by atoms with E-state index in [4.69, 9.17) is 16.0 Å². The molecule has 1 aliphatic carbocycles. The average molecular weight is 247 g/mol. The zero-order valence-corrected chi connectivity index (χ0v) is 9.54. The lowest BCUT2D eigenvalue weighted by Gasteiger charge is -1.90. The molecule has 84 valence electrons. The van der Waals surface area contributed by atoms with E-state index >= 15 is 0 Å². The Kier molecular flexibility index (Phi) is 2.37. The molecule has 0 spiro atoms. The lowest BCUT2D eigenvalue weighted by Crippen LogP contribution is -2.21. The maximum absolute atomic E-state index is 13.1. The number of hydrogen-bond acceptors (Lipinski definition) is 1. The Balaban J connectivity index is 2.58. The summed E-state index contributed by atoms with van der Waals surface area (Å²) >= 11 is 6.21. The largest absolute Gasteiger partial charge is 0.456 e. The topological polar surface area (TPSA) is 13.1 Å². The molecular weight excluding hydrogens is 239 g/mol. The zero-order valence-electron chi connectivity index (χ0n) is 8.78. The fraction of sp³-hybridized carbons (Fsp3) is 0. The SMILES string of the molecule is Fc1ccc2c3/c(oc2c1)=C/C=C\C=C/C=3Cl. The molecule has 0 aliphatic heterocycles. The Hall–Kier alpha value is -1.80. The lowest BCUT2D eigenvalue weighted by molar-refractivity contribution is 0.568. The van der Waals surface area contributed by atoms with Crippen LogP contribution < -0.4 is 10.6 Å². The molecule has 3 heteroatoms. The fourth-order valence-electron chi connectivity index (χ4n) is 1.88. The van der Waals surface area contributed by atoms with Gasteiger partial charge >= 0.3 is 0 Å². The van der Waals surface area contributed by atoms with Crippen LogP contribution in [0.4, 0.5) is 4.39 Å². The lowest BCUT2D eigenvalue weighted by atomic mass is 10.2. The van der Waals surface area contributed by atoms with Crippen LogP contribution in [0, 0.1) is 5.82 Å². The molecule has 2 aromatic rings. The van der Waals surface area contributed by atoms with E-state index in [1.54, 1.807) is 12.1 Å². The van der Waals surface area contributed by atoms with Gasteiger partial charge in [0.25, 0.3) is 0 Å². The van der Waals surface area contributed by atoms with E-state index in [1.807, 2.05) is 24.3 Å². The minimum atomic E-state index is -0.318. The summed E-state index contributed by atoms with van der Waals surface area (Å²) < 4.78 is 18.7. The number of hydrogen-bond donors (Lipinski definition) is 0. The molecule has 1 aromatic carbocycles. The van der Waals surface area contributed by atoms with Crippen molar-refractivity contribution in [3.05, 3.63) is 59.0 Å². The predicted octanol–water partition coefficient (Wildman–Crippen LogP) is 2.83. The molecule has 0 fully saturated rings. The van der Waals surface area contributed by atoms with Crippen LogP contribution in [0.15, 0.2) is 46.9 Å². The highest BCUT2D eigenvalue weighted by molar-refractivity contribution is 6.47. The van der Waals surface area contributed by atoms with Crippen LogP contribution in [0.2, 0.25) is 0 Å². The highest BCUT2D eigenvalue weighted by atomic mass is 35.5. The zero-order chi connectivity index (χ0) is 11.8. The van der Waals surface area contributed by atoms with Crippen LogP contribution in [0.1, 0.15) is 0 Å². The number of benzene rings is 1. The molecule has 0 unspecified atom stereocenters. The van der Waals surface area contributed by atoms with E-state index in [2.05, 4.69) is 0 Å². The Bertz CT molecular complexity index is 765. The highest BCUT2D eigenvalue weighted by Gasteiger charge is 2.07. The van der Waals surface area contributed by atoms with Crippen LogP contribution in [0.25, 0.3) is 22.1 Å². The third-order valence-corrected chi connectivity index (χ3v) is 2.95.